The van der Waals surface area contributed by atoms with Crippen molar-refractivity contribution < 1.29 is 4.79 Å². The molecule has 12 heavy (non-hydrogen) atoms. The van der Waals surface area contributed by atoms with Gasteiger partial charge in [0.2, 0.25) is 5.91 Å². The maximum atomic E-state index is 11.0. The van der Waals surface area contributed by atoms with Gasteiger partial charge in [0, 0.05) is 6.42 Å². The molecule has 1 aliphatic carbocycles. The van der Waals surface area contributed by atoms with E-state index in [9.17, 15) is 4.79 Å². The van der Waals surface area contributed by atoms with Crippen LogP contribution in [0.2, 0.25) is 0 Å². The first-order valence-electron chi connectivity index (χ1n) is 4.09. The maximum Gasteiger partial charge on any atom is 0.220 e. The molecular weight excluding hydrogens is 170 g/mol. The molecule has 1 rings (SSSR count). The normalized spacial score (nSPS) is 21.8. The summed E-state index contributed by atoms with van der Waals surface area (Å²) in [6, 6.07) is 0.161. The van der Waals surface area contributed by atoms with Crippen LogP contribution in [0.25, 0.3) is 0 Å². The van der Waals surface area contributed by atoms with Crippen molar-refractivity contribution >= 4 is 18.5 Å². The summed E-state index contributed by atoms with van der Waals surface area (Å²) in [5, 5.41) is 2.88. The molecule has 0 saturated heterocycles. The topological polar surface area (TPSA) is 29.1 Å². The Labute approximate surface area is 78.1 Å². The molecule has 1 aliphatic rings. The fourth-order valence-corrected chi connectivity index (χ4v) is 1.22. The second-order valence-electron chi connectivity index (χ2n) is 2.75. The summed E-state index contributed by atoms with van der Waals surface area (Å²) in [5.41, 5.74) is 0. The predicted octanol–water partition coefficient (Wildman–Crippen LogP) is 1.65. The lowest BCUT2D eigenvalue weighted by molar-refractivity contribution is -0.121. The number of carbonyl (C=O) groups is 1. The van der Waals surface area contributed by atoms with Gasteiger partial charge < -0.3 is 5.32 Å². The van der Waals surface area contributed by atoms with E-state index in [1.807, 2.05) is 25.2 Å². The van der Waals surface area contributed by atoms with Gasteiger partial charge in [-0.2, -0.15) is 0 Å². The molecule has 3 heteroatoms. The molecule has 0 spiro atoms. The smallest absolute Gasteiger partial charge is 0.220 e. The third-order valence-corrected chi connectivity index (χ3v) is 2.08. The summed E-state index contributed by atoms with van der Waals surface area (Å²) >= 11 is 4.18. The van der Waals surface area contributed by atoms with Crippen LogP contribution >= 0.6 is 12.6 Å². The van der Waals surface area contributed by atoms with Crippen LogP contribution < -0.4 is 5.32 Å². The molecule has 1 N–H and O–H groups in total. The zero-order valence-corrected chi connectivity index (χ0v) is 7.97. The van der Waals surface area contributed by atoms with Crippen molar-refractivity contribution in [3.05, 3.63) is 23.1 Å². The molecule has 0 aromatic rings. The minimum atomic E-state index is 0.0978. The second-order valence-corrected chi connectivity index (χ2v) is 3.27. The number of allylic oxidation sites excluding steroid dienone is 1. The van der Waals surface area contributed by atoms with Crippen LogP contribution in [0.15, 0.2) is 23.1 Å². The molecule has 0 saturated carbocycles. The van der Waals surface area contributed by atoms with E-state index in [0.717, 1.165) is 11.3 Å². The van der Waals surface area contributed by atoms with Crippen molar-refractivity contribution in [1.29, 1.82) is 0 Å². The van der Waals surface area contributed by atoms with Gasteiger partial charge in [0.05, 0.1) is 6.04 Å². The first-order chi connectivity index (χ1) is 5.72. The molecule has 0 aromatic heterocycles. The van der Waals surface area contributed by atoms with Gasteiger partial charge in [-0.1, -0.05) is 25.2 Å². The van der Waals surface area contributed by atoms with E-state index in [1.54, 1.807) is 0 Å². The molecule has 1 amide bonds. The third-order valence-electron chi connectivity index (χ3n) is 1.75. The van der Waals surface area contributed by atoms with Gasteiger partial charge in [0.25, 0.3) is 0 Å². The quantitative estimate of drug-likeness (QED) is 0.626. The molecule has 66 valence electrons. The molecule has 0 heterocycles. The SMILES string of the molecule is CCC(=O)NC1C=CC(S)=CC1. The number of amides is 1. The number of rotatable bonds is 2. The molecule has 0 radical (unpaired) electrons. The van der Waals surface area contributed by atoms with Crippen LogP contribution in [-0.4, -0.2) is 11.9 Å². The summed E-state index contributed by atoms with van der Waals surface area (Å²) in [4.78, 5) is 11.9. The van der Waals surface area contributed by atoms with Crippen LogP contribution in [0.5, 0.6) is 0 Å². The lowest BCUT2D eigenvalue weighted by Gasteiger charge is -2.15. The monoisotopic (exact) mass is 183 g/mol. The van der Waals surface area contributed by atoms with Crippen molar-refractivity contribution in [3.8, 4) is 0 Å². The molecule has 0 fully saturated rings. The van der Waals surface area contributed by atoms with Crippen LogP contribution in [0, 0.1) is 0 Å². The van der Waals surface area contributed by atoms with Gasteiger partial charge in [0.15, 0.2) is 0 Å². The second kappa shape index (κ2) is 4.36. The minimum Gasteiger partial charge on any atom is -0.350 e. The predicted molar refractivity (Wildman–Crippen MR) is 53.0 cm³/mol. The summed E-state index contributed by atoms with van der Waals surface area (Å²) in [6.07, 6.45) is 7.27. The van der Waals surface area contributed by atoms with E-state index in [4.69, 9.17) is 0 Å². The molecule has 0 aromatic carbocycles. The zero-order chi connectivity index (χ0) is 8.97. The minimum absolute atomic E-state index is 0.0978. The van der Waals surface area contributed by atoms with Gasteiger partial charge in [-0.05, 0) is 11.3 Å². The number of hydrogen-bond donors (Lipinski definition) is 2. The number of carbonyl (C=O) groups excluding carboxylic acids is 1. The van der Waals surface area contributed by atoms with E-state index in [0.29, 0.717) is 6.42 Å². The van der Waals surface area contributed by atoms with Crippen molar-refractivity contribution in [3.63, 3.8) is 0 Å². The highest BCUT2D eigenvalue weighted by molar-refractivity contribution is 7.84. The average molecular weight is 183 g/mol. The highest BCUT2D eigenvalue weighted by Crippen LogP contribution is 2.12. The van der Waals surface area contributed by atoms with E-state index in [1.165, 1.54) is 0 Å². The van der Waals surface area contributed by atoms with Crippen LogP contribution in [0.4, 0.5) is 0 Å². The summed E-state index contributed by atoms with van der Waals surface area (Å²) in [5.74, 6) is 0.0978. The van der Waals surface area contributed by atoms with Crippen LogP contribution in [-0.2, 0) is 4.79 Å². The van der Waals surface area contributed by atoms with Gasteiger partial charge in [-0.15, -0.1) is 12.6 Å². The lowest BCUT2D eigenvalue weighted by atomic mass is 10.1. The number of thiol groups is 1. The Morgan fingerprint density at radius 2 is 2.58 bits per heavy atom. The highest BCUT2D eigenvalue weighted by Gasteiger charge is 2.08. The lowest BCUT2D eigenvalue weighted by Crippen LogP contribution is -2.33. The fourth-order valence-electron chi connectivity index (χ4n) is 1.02. The molecule has 1 atom stereocenters. The largest absolute Gasteiger partial charge is 0.350 e. The Morgan fingerprint density at radius 1 is 1.83 bits per heavy atom. The maximum absolute atomic E-state index is 11.0. The zero-order valence-electron chi connectivity index (χ0n) is 7.08. The van der Waals surface area contributed by atoms with Gasteiger partial charge in [-0.25, -0.2) is 0 Å². The van der Waals surface area contributed by atoms with Crippen LogP contribution in [0.3, 0.4) is 0 Å². The van der Waals surface area contributed by atoms with Crippen LogP contribution in [0.1, 0.15) is 19.8 Å². The molecular formula is C9H13NOS. The van der Waals surface area contributed by atoms with E-state index < -0.39 is 0 Å². The van der Waals surface area contributed by atoms with Gasteiger partial charge in [-0.3, -0.25) is 4.79 Å². The average Bonchev–Trinajstić information content (AvgIpc) is 2.09. The van der Waals surface area contributed by atoms with E-state index >= 15 is 0 Å². The molecule has 2 nitrogen and oxygen atoms in total. The number of nitrogens with one attached hydrogen (secondary N) is 1. The Hall–Kier alpha value is -0.700. The van der Waals surface area contributed by atoms with E-state index in [-0.39, 0.29) is 11.9 Å². The molecule has 0 aliphatic heterocycles. The summed E-state index contributed by atoms with van der Waals surface area (Å²) in [6.45, 7) is 1.85. The Kier molecular flexibility index (Phi) is 3.41. The molecule has 1 unspecified atom stereocenters. The van der Waals surface area contributed by atoms with Crippen molar-refractivity contribution in [1.82, 2.24) is 5.32 Å². The first-order valence-corrected chi connectivity index (χ1v) is 4.53. The highest BCUT2D eigenvalue weighted by atomic mass is 32.1. The fraction of sp³-hybridized carbons (Fsp3) is 0.444. The Morgan fingerprint density at radius 3 is 3.08 bits per heavy atom. The van der Waals surface area contributed by atoms with Crippen molar-refractivity contribution in [2.75, 3.05) is 0 Å². The van der Waals surface area contributed by atoms with Gasteiger partial charge >= 0.3 is 0 Å². The third kappa shape index (κ3) is 2.74. The summed E-state index contributed by atoms with van der Waals surface area (Å²) < 4.78 is 0. The first kappa shape index (κ1) is 9.39. The van der Waals surface area contributed by atoms with Crippen molar-refractivity contribution in [2.45, 2.75) is 25.8 Å². The van der Waals surface area contributed by atoms with E-state index in [2.05, 4.69) is 17.9 Å². The molecule has 0 bridgehead atoms. The Balaban J connectivity index is 2.38. The van der Waals surface area contributed by atoms with Crippen molar-refractivity contribution in [2.24, 2.45) is 0 Å². The standard InChI is InChI=1S/C9H13NOS/c1-2-9(11)10-7-3-5-8(12)6-4-7/h3,5-7,12H,2,4H2,1H3,(H,10,11). The Bertz CT molecular complexity index is 233. The van der Waals surface area contributed by atoms with Gasteiger partial charge in [0.1, 0.15) is 0 Å². The number of hydrogen-bond acceptors (Lipinski definition) is 2. The summed E-state index contributed by atoms with van der Waals surface area (Å²) in [7, 11) is 0.